The molecule has 0 aliphatic rings. The quantitative estimate of drug-likeness (QED) is 0.506. The normalized spacial score (nSPS) is 10.5. The fourth-order valence-electron chi connectivity index (χ4n) is 2.22. The van der Waals surface area contributed by atoms with Crippen LogP contribution in [-0.4, -0.2) is 11.8 Å². The lowest BCUT2D eigenvalue weighted by Crippen LogP contribution is -2.40. The predicted molar refractivity (Wildman–Crippen MR) is 106 cm³/mol. The van der Waals surface area contributed by atoms with Gasteiger partial charge in [0.1, 0.15) is 12.4 Å². The molecule has 1 aromatic heterocycles. The van der Waals surface area contributed by atoms with Crippen LogP contribution in [0.5, 0.6) is 5.75 Å². The van der Waals surface area contributed by atoms with Crippen LogP contribution in [0.1, 0.15) is 20.8 Å². The number of thiophene rings is 1. The van der Waals surface area contributed by atoms with E-state index in [0.717, 1.165) is 10.4 Å². The molecular weight excluding hydrogens is 360 g/mol. The molecule has 2 N–H and O–H groups in total. The maximum absolute atomic E-state index is 12.1. The van der Waals surface area contributed by atoms with Crippen LogP contribution < -0.4 is 15.6 Å². The van der Waals surface area contributed by atoms with E-state index in [4.69, 9.17) is 4.74 Å². The van der Waals surface area contributed by atoms with Crippen LogP contribution in [0, 0.1) is 0 Å². The molecule has 0 aliphatic carbocycles. The van der Waals surface area contributed by atoms with Crippen molar-refractivity contribution in [3.63, 3.8) is 0 Å². The van der Waals surface area contributed by atoms with Gasteiger partial charge in [-0.05, 0) is 47.4 Å². The molecule has 2 aromatic carbocycles. The summed E-state index contributed by atoms with van der Waals surface area (Å²) in [5.41, 5.74) is 6.22. The molecule has 27 heavy (non-hydrogen) atoms. The summed E-state index contributed by atoms with van der Waals surface area (Å²) in [4.78, 5) is 24.8. The van der Waals surface area contributed by atoms with Crippen LogP contribution in [0.4, 0.5) is 0 Å². The van der Waals surface area contributed by atoms with E-state index >= 15 is 0 Å². The van der Waals surface area contributed by atoms with Crippen LogP contribution in [0.2, 0.25) is 0 Å². The van der Waals surface area contributed by atoms with Gasteiger partial charge >= 0.3 is 0 Å². The maximum atomic E-state index is 12.1. The first-order chi connectivity index (χ1) is 13.2. The Morgan fingerprint density at radius 1 is 0.926 bits per heavy atom. The summed E-state index contributed by atoms with van der Waals surface area (Å²) < 4.78 is 5.68. The second-order valence-electron chi connectivity index (χ2n) is 5.59. The van der Waals surface area contributed by atoms with Gasteiger partial charge in [-0.15, -0.1) is 11.3 Å². The first-order valence-corrected chi connectivity index (χ1v) is 9.17. The lowest BCUT2D eigenvalue weighted by Gasteiger charge is -2.08. The van der Waals surface area contributed by atoms with E-state index < -0.39 is 11.8 Å². The van der Waals surface area contributed by atoms with Crippen molar-refractivity contribution in [2.45, 2.75) is 6.61 Å². The van der Waals surface area contributed by atoms with E-state index in [2.05, 4.69) is 10.9 Å². The zero-order valence-corrected chi connectivity index (χ0v) is 15.2. The molecule has 0 saturated carbocycles. The summed E-state index contributed by atoms with van der Waals surface area (Å²) in [5.74, 6) is -0.139. The van der Waals surface area contributed by atoms with Gasteiger partial charge in [-0.25, -0.2) is 0 Å². The zero-order chi connectivity index (χ0) is 18.9. The Balaban J connectivity index is 1.46. The van der Waals surface area contributed by atoms with Crippen molar-refractivity contribution < 1.29 is 14.3 Å². The predicted octanol–water partition coefficient (Wildman–Crippen LogP) is 3.80. The summed E-state index contributed by atoms with van der Waals surface area (Å²) in [5, 5.41) is 1.92. The third kappa shape index (κ3) is 5.83. The van der Waals surface area contributed by atoms with Gasteiger partial charge in [-0.1, -0.05) is 36.4 Å². The number of hydrogen-bond acceptors (Lipinski definition) is 4. The summed E-state index contributed by atoms with van der Waals surface area (Å²) in [6.45, 7) is 0.457. The topological polar surface area (TPSA) is 67.4 Å². The standard InChI is InChI=1S/C21H18N2O3S/c24-20(13-12-19-7-4-14-27-19)22-23-21(25)17-8-10-18(11-9-17)26-15-16-5-2-1-3-6-16/h1-14H,15H2,(H,22,24)(H,23,25). The van der Waals surface area contributed by atoms with E-state index in [1.165, 1.54) is 17.4 Å². The van der Waals surface area contributed by atoms with Crippen LogP contribution in [0.15, 0.2) is 78.2 Å². The highest BCUT2D eigenvalue weighted by Crippen LogP contribution is 2.14. The van der Waals surface area contributed by atoms with Crippen LogP contribution >= 0.6 is 11.3 Å². The van der Waals surface area contributed by atoms with Gasteiger partial charge in [0.25, 0.3) is 11.8 Å². The molecule has 0 atom stereocenters. The van der Waals surface area contributed by atoms with Crippen LogP contribution in [0.25, 0.3) is 6.08 Å². The molecule has 0 saturated heterocycles. The molecule has 0 bridgehead atoms. The molecule has 6 heteroatoms. The highest BCUT2D eigenvalue weighted by Gasteiger charge is 2.06. The first-order valence-electron chi connectivity index (χ1n) is 8.29. The number of hydrogen-bond donors (Lipinski definition) is 2. The van der Waals surface area contributed by atoms with Crippen LogP contribution in [0.3, 0.4) is 0 Å². The minimum absolute atomic E-state index is 0.400. The monoisotopic (exact) mass is 378 g/mol. The third-order valence-electron chi connectivity index (χ3n) is 3.61. The summed E-state index contributed by atoms with van der Waals surface area (Å²) in [6, 6.07) is 20.3. The zero-order valence-electron chi connectivity index (χ0n) is 14.4. The van der Waals surface area contributed by atoms with Gasteiger partial charge in [-0.3, -0.25) is 20.4 Å². The van der Waals surface area contributed by atoms with Crippen LogP contribution in [-0.2, 0) is 11.4 Å². The number of amides is 2. The van der Waals surface area contributed by atoms with E-state index in [9.17, 15) is 9.59 Å². The molecule has 3 aromatic rings. The highest BCUT2D eigenvalue weighted by molar-refractivity contribution is 7.10. The van der Waals surface area contributed by atoms with E-state index in [0.29, 0.717) is 17.9 Å². The van der Waals surface area contributed by atoms with Crippen molar-refractivity contribution in [1.29, 1.82) is 0 Å². The molecule has 0 radical (unpaired) electrons. The first kappa shape index (κ1) is 18.4. The molecule has 0 spiro atoms. The number of carbonyl (C=O) groups is 2. The van der Waals surface area contributed by atoms with Crippen molar-refractivity contribution in [3.8, 4) is 5.75 Å². The fourth-order valence-corrected chi connectivity index (χ4v) is 2.84. The van der Waals surface area contributed by atoms with Crippen molar-refractivity contribution in [2.24, 2.45) is 0 Å². The number of ether oxygens (including phenoxy) is 1. The highest BCUT2D eigenvalue weighted by atomic mass is 32.1. The third-order valence-corrected chi connectivity index (χ3v) is 4.44. The van der Waals surface area contributed by atoms with Crippen molar-refractivity contribution >= 4 is 29.2 Å². The largest absolute Gasteiger partial charge is 0.489 e. The second-order valence-corrected chi connectivity index (χ2v) is 6.57. The van der Waals surface area contributed by atoms with Crippen molar-refractivity contribution in [3.05, 3.63) is 94.2 Å². The smallest absolute Gasteiger partial charge is 0.269 e. The van der Waals surface area contributed by atoms with Gasteiger partial charge in [-0.2, -0.15) is 0 Å². The number of hydrazine groups is 1. The van der Waals surface area contributed by atoms with Gasteiger partial charge in [0.15, 0.2) is 0 Å². The minimum Gasteiger partial charge on any atom is -0.489 e. The Bertz CT molecular complexity index is 904. The number of benzene rings is 2. The molecule has 0 unspecified atom stereocenters. The maximum Gasteiger partial charge on any atom is 0.269 e. The Morgan fingerprint density at radius 3 is 2.41 bits per heavy atom. The Morgan fingerprint density at radius 2 is 1.70 bits per heavy atom. The molecular formula is C21H18N2O3S. The lowest BCUT2D eigenvalue weighted by molar-refractivity contribution is -0.117. The average Bonchev–Trinajstić information content (AvgIpc) is 3.24. The minimum atomic E-state index is -0.403. The number of rotatable bonds is 6. The lowest BCUT2D eigenvalue weighted by atomic mass is 10.2. The summed E-state index contributed by atoms with van der Waals surface area (Å²) in [6.07, 6.45) is 3.05. The fraction of sp³-hybridized carbons (Fsp3) is 0.0476. The second kappa shape index (κ2) is 9.35. The van der Waals surface area contributed by atoms with E-state index in [-0.39, 0.29) is 0 Å². The van der Waals surface area contributed by atoms with Gasteiger partial charge < -0.3 is 4.74 Å². The Hall–Kier alpha value is -3.38. The SMILES string of the molecule is O=C(C=Cc1cccs1)NNC(=O)c1ccc(OCc2ccccc2)cc1. The molecule has 0 aliphatic heterocycles. The van der Waals surface area contributed by atoms with Gasteiger partial charge in [0.05, 0.1) is 0 Å². The van der Waals surface area contributed by atoms with Gasteiger partial charge in [0, 0.05) is 16.5 Å². The Kier molecular flexibility index (Phi) is 6.38. The summed E-state index contributed by atoms with van der Waals surface area (Å²) in [7, 11) is 0. The number of nitrogens with one attached hydrogen (secondary N) is 2. The van der Waals surface area contributed by atoms with Crippen molar-refractivity contribution in [1.82, 2.24) is 10.9 Å². The molecule has 1 heterocycles. The van der Waals surface area contributed by atoms with Crippen molar-refractivity contribution in [2.75, 3.05) is 0 Å². The molecule has 136 valence electrons. The van der Waals surface area contributed by atoms with E-state index in [1.54, 1.807) is 30.3 Å². The van der Waals surface area contributed by atoms with Gasteiger partial charge in [0.2, 0.25) is 0 Å². The van der Waals surface area contributed by atoms with E-state index in [1.807, 2.05) is 47.8 Å². The molecule has 5 nitrogen and oxygen atoms in total. The number of carbonyl (C=O) groups excluding carboxylic acids is 2. The summed E-state index contributed by atoms with van der Waals surface area (Å²) >= 11 is 1.52. The molecule has 0 fully saturated rings. The molecule has 2 amide bonds. The molecule has 3 rings (SSSR count). The average molecular weight is 378 g/mol. The Labute approximate surface area is 161 Å².